The summed E-state index contributed by atoms with van der Waals surface area (Å²) in [5.74, 6) is 2.20. The van der Waals surface area contributed by atoms with Gasteiger partial charge in [0, 0.05) is 12.0 Å². The smallest absolute Gasteiger partial charge is 0.275 e. The molecule has 8 nitrogen and oxygen atoms in total. The largest absolute Gasteiger partial charge is 0.460 e. The number of rotatable bonds is 3. The zero-order valence-electron chi connectivity index (χ0n) is 12.3. The standard InChI is InChI=1S/C14H14N4O4S/c1-8-2-3-12(21-8)10-6-11(17-16-10)14-15-13(18-22-14)9-4-5-23(19,20)7-9/h2-3,6,9H,4-5,7H2,1H3,(H,16,17). The summed E-state index contributed by atoms with van der Waals surface area (Å²) in [4.78, 5) is 4.30. The maximum absolute atomic E-state index is 11.5. The third-order valence-corrected chi connectivity index (χ3v) is 5.61. The molecule has 3 aromatic heterocycles. The van der Waals surface area contributed by atoms with Gasteiger partial charge in [0.05, 0.1) is 11.5 Å². The minimum atomic E-state index is -2.98. The lowest BCUT2D eigenvalue weighted by Crippen LogP contribution is -2.05. The summed E-state index contributed by atoms with van der Waals surface area (Å²) in [6.07, 6.45) is 0.529. The maximum atomic E-state index is 11.5. The van der Waals surface area contributed by atoms with E-state index in [0.717, 1.165) is 5.76 Å². The molecule has 1 aliphatic rings. The summed E-state index contributed by atoms with van der Waals surface area (Å²) < 4.78 is 33.8. The third-order valence-electron chi connectivity index (χ3n) is 3.84. The van der Waals surface area contributed by atoms with Gasteiger partial charge in [-0.1, -0.05) is 5.16 Å². The van der Waals surface area contributed by atoms with E-state index in [9.17, 15) is 8.42 Å². The van der Waals surface area contributed by atoms with E-state index in [4.69, 9.17) is 8.94 Å². The summed E-state index contributed by atoms with van der Waals surface area (Å²) in [6, 6.07) is 5.44. The summed E-state index contributed by atoms with van der Waals surface area (Å²) >= 11 is 0. The molecule has 0 aliphatic carbocycles. The molecule has 3 aromatic rings. The number of aromatic amines is 1. The summed E-state index contributed by atoms with van der Waals surface area (Å²) in [5.41, 5.74) is 1.20. The first-order valence-electron chi connectivity index (χ1n) is 7.17. The highest BCUT2D eigenvalue weighted by Gasteiger charge is 2.32. The lowest BCUT2D eigenvalue weighted by Gasteiger charge is -1.97. The van der Waals surface area contributed by atoms with Gasteiger partial charge < -0.3 is 8.94 Å². The molecule has 0 radical (unpaired) electrons. The Morgan fingerprint density at radius 2 is 2.22 bits per heavy atom. The van der Waals surface area contributed by atoms with Crippen molar-refractivity contribution in [2.75, 3.05) is 11.5 Å². The first-order valence-corrected chi connectivity index (χ1v) is 8.99. The van der Waals surface area contributed by atoms with Gasteiger partial charge in [0.15, 0.2) is 21.4 Å². The van der Waals surface area contributed by atoms with Crippen molar-refractivity contribution in [3.63, 3.8) is 0 Å². The van der Waals surface area contributed by atoms with Crippen molar-refractivity contribution in [2.24, 2.45) is 0 Å². The lowest BCUT2D eigenvalue weighted by molar-refractivity contribution is 0.416. The molecular weight excluding hydrogens is 320 g/mol. The van der Waals surface area contributed by atoms with E-state index in [0.29, 0.717) is 29.4 Å². The number of H-pyrrole nitrogens is 1. The molecule has 0 amide bonds. The Hall–Kier alpha value is -2.42. The molecule has 1 fully saturated rings. The Kier molecular flexibility index (Phi) is 3.12. The molecule has 0 spiro atoms. The Morgan fingerprint density at radius 3 is 2.91 bits per heavy atom. The highest BCUT2D eigenvalue weighted by molar-refractivity contribution is 7.91. The zero-order valence-corrected chi connectivity index (χ0v) is 13.1. The van der Waals surface area contributed by atoms with Crippen LogP contribution < -0.4 is 0 Å². The number of hydrogen-bond donors (Lipinski definition) is 1. The van der Waals surface area contributed by atoms with Crippen LogP contribution in [0.1, 0.15) is 23.9 Å². The van der Waals surface area contributed by atoms with Crippen molar-refractivity contribution in [1.82, 2.24) is 20.3 Å². The van der Waals surface area contributed by atoms with Gasteiger partial charge in [-0.25, -0.2) is 8.42 Å². The fourth-order valence-electron chi connectivity index (χ4n) is 2.64. The van der Waals surface area contributed by atoms with E-state index in [1.54, 1.807) is 6.07 Å². The Morgan fingerprint density at radius 1 is 1.35 bits per heavy atom. The molecule has 1 aliphatic heterocycles. The molecule has 1 saturated heterocycles. The molecule has 0 bridgehead atoms. The summed E-state index contributed by atoms with van der Waals surface area (Å²) in [7, 11) is -2.98. The second-order valence-corrected chi connectivity index (χ2v) is 7.86. The number of aromatic nitrogens is 4. The fraction of sp³-hybridized carbons (Fsp3) is 0.357. The second kappa shape index (κ2) is 5.05. The number of sulfone groups is 1. The van der Waals surface area contributed by atoms with Crippen molar-refractivity contribution in [3.05, 3.63) is 29.8 Å². The molecule has 120 valence electrons. The van der Waals surface area contributed by atoms with Crippen molar-refractivity contribution in [2.45, 2.75) is 19.3 Å². The average molecular weight is 334 g/mol. The molecular formula is C14H14N4O4S. The topological polar surface area (TPSA) is 115 Å². The number of nitrogens with zero attached hydrogens (tertiary/aromatic N) is 3. The highest BCUT2D eigenvalue weighted by Crippen LogP contribution is 2.29. The monoisotopic (exact) mass is 334 g/mol. The first kappa shape index (κ1) is 14.2. The van der Waals surface area contributed by atoms with E-state index < -0.39 is 9.84 Å². The molecule has 9 heteroatoms. The molecule has 23 heavy (non-hydrogen) atoms. The van der Waals surface area contributed by atoms with Crippen molar-refractivity contribution in [1.29, 1.82) is 0 Å². The predicted molar refractivity (Wildman–Crippen MR) is 80.3 cm³/mol. The van der Waals surface area contributed by atoms with Gasteiger partial charge >= 0.3 is 0 Å². The maximum Gasteiger partial charge on any atom is 0.275 e. The van der Waals surface area contributed by atoms with E-state index in [-0.39, 0.29) is 23.3 Å². The summed E-state index contributed by atoms with van der Waals surface area (Å²) in [6.45, 7) is 1.86. The molecule has 1 atom stereocenters. The Bertz CT molecular complexity index is 953. The van der Waals surface area contributed by atoms with Gasteiger partial charge in [0.25, 0.3) is 5.89 Å². The molecule has 4 rings (SSSR count). The number of hydrogen-bond acceptors (Lipinski definition) is 7. The molecule has 1 N–H and O–H groups in total. The zero-order chi connectivity index (χ0) is 16.0. The molecule has 0 aromatic carbocycles. The second-order valence-electron chi connectivity index (χ2n) is 5.63. The van der Waals surface area contributed by atoms with Gasteiger partial charge in [-0.05, 0) is 25.5 Å². The first-order chi connectivity index (χ1) is 11.0. The summed E-state index contributed by atoms with van der Waals surface area (Å²) in [5, 5.41) is 10.9. The van der Waals surface area contributed by atoms with E-state index in [1.807, 2.05) is 19.1 Å². The van der Waals surface area contributed by atoms with Gasteiger partial charge in [-0.3, -0.25) is 5.10 Å². The van der Waals surface area contributed by atoms with E-state index in [2.05, 4.69) is 20.3 Å². The minimum Gasteiger partial charge on any atom is -0.460 e. The van der Waals surface area contributed by atoms with Crippen LogP contribution in [0.4, 0.5) is 0 Å². The highest BCUT2D eigenvalue weighted by atomic mass is 32.2. The molecule has 0 saturated carbocycles. The average Bonchev–Trinajstić information content (AvgIpc) is 3.22. The van der Waals surface area contributed by atoms with Crippen molar-refractivity contribution < 1.29 is 17.4 Å². The predicted octanol–water partition coefficient (Wildman–Crippen LogP) is 1.93. The number of furan rings is 1. The van der Waals surface area contributed by atoms with Crippen LogP contribution in [-0.2, 0) is 9.84 Å². The fourth-order valence-corrected chi connectivity index (χ4v) is 4.38. The van der Waals surface area contributed by atoms with Gasteiger partial charge in [0.1, 0.15) is 17.1 Å². The van der Waals surface area contributed by atoms with Crippen LogP contribution in [0.15, 0.2) is 27.1 Å². The van der Waals surface area contributed by atoms with Gasteiger partial charge in [0.2, 0.25) is 0 Å². The Labute approximate surface area is 131 Å². The minimum absolute atomic E-state index is 0.0753. The number of aryl methyl sites for hydroxylation is 1. The SMILES string of the molecule is Cc1ccc(-c2cc(-c3nc(C4CCS(=O)(=O)C4)no3)[nH]n2)o1. The van der Waals surface area contributed by atoms with Gasteiger partial charge in [-0.2, -0.15) is 10.1 Å². The van der Waals surface area contributed by atoms with Crippen molar-refractivity contribution in [3.8, 4) is 23.0 Å². The van der Waals surface area contributed by atoms with Crippen LogP contribution in [0.25, 0.3) is 23.0 Å². The van der Waals surface area contributed by atoms with Crippen LogP contribution >= 0.6 is 0 Å². The molecule has 4 heterocycles. The van der Waals surface area contributed by atoms with Crippen LogP contribution in [-0.4, -0.2) is 40.3 Å². The van der Waals surface area contributed by atoms with Crippen LogP contribution in [0, 0.1) is 6.92 Å². The van der Waals surface area contributed by atoms with Crippen LogP contribution in [0.3, 0.4) is 0 Å². The quantitative estimate of drug-likeness (QED) is 0.778. The van der Waals surface area contributed by atoms with E-state index in [1.165, 1.54) is 0 Å². The third kappa shape index (κ3) is 2.67. The lowest BCUT2D eigenvalue weighted by atomic mass is 10.1. The van der Waals surface area contributed by atoms with Crippen LogP contribution in [0.5, 0.6) is 0 Å². The van der Waals surface area contributed by atoms with Crippen molar-refractivity contribution >= 4 is 9.84 Å². The van der Waals surface area contributed by atoms with Crippen LogP contribution in [0.2, 0.25) is 0 Å². The van der Waals surface area contributed by atoms with E-state index >= 15 is 0 Å². The Balaban J connectivity index is 1.59. The molecule has 1 unspecified atom stereocenters. The normalized spacial score (nSPS) is 20.1. The number of nitrogens with one attached hydrogen (secondary N) is 1. The van der Waals surface area contributed by atoms with Gasteiger partial charge in [-0.15, -0.1) is 0 Å².